The Morgan fingerprint density at radius 1 is 1.07 bits per heavy atom. The van der Waals surface area contributed by atoms with E-state index in [0.717, 1.165) is 5.01 Å². The van der Waals surface area contributed by atoms with E-state index >= 15 is 0 Å². The number of benzene rings is 2. The Morgan fingerprint density at radius 2 is 1.85 bits per heavy atom. The van der Waals surface area contributed by atoms with Crippen molar-refractivity contribution in [3.8, 4) is 11.5 Å². The summed E-state index contributed by atoms with van der Waals surface area (Å²) in [5.41, 5.74) is 6.46. The molecule has 2 bridgehead atoms. The van der Waals surface area contributed by atoms with Crippen LogP contribution < -0.4 is 20.5 Å². The van der Waals surface area contributed by atoms with Crippen molar-refractivity contribution in [3.05, 3.63) is 53.6 Å². The van der Waals surface area contributed by atoms with E-state index in [9.17, 15) is 28.8 Å². The number of fused-ring (bicyclic) bond motifs is 3. The molecule has 5 amide bonds. The highest BCUT2D eigenvalue weighted by Gasteiger charge is 2.51. The molecular formula is C31H33N5O10. The number of anilines is 1. The van der Waals surface area contributed by atoms with Crippen molar-refractivity contribution in [1.82, 2.24) is 14.9 Å². The zero-order chi connectivity index (χ0) is 32.5. The van der Waals surface area contributed by atoms with Crippen LogP contribution in [0.2, 0.25) is 0 Å². The van der Waals surface area contributed by atoms with Crippen molar-refractivity contribution >= 4 is 41.2 Å². The van der Waals surface area contributed by atoms with Crippen LogP contribution in [-0.2, 0) is 28.7 Å². The second-order valence-corrected chi connectivity index (χ2v) is 11.2. The van der Waals surface area contributed by atoms with Gasteiger partial charge >= 0.3 is 5.97 Å². The maximum Gasteiger partial charge on any atom is 0.310 e. The fraction of sp³-hybridized carbons (Fsp3) is 0.419. The van der Waals surface area contributed by atoms with Crippen molar-refractivity contribution in [2.45, 2.75) is 63.4 Å². The molecule has 15 heteroatoms. The molecule has 4 atom stereocenters. The second-order valence-electron chi connectivity index (χ2n) is 11.2. The first-order chi connectivity index (χ1) is 22.2. The summed E-state index contributed by atoms with van der Waals surface area (Å²) in [6.45, 7) is 2.08. The number of nitrogens with two attached hydrogens (primary N) is 1. The minimum Gasteiger partial charge on any atom is -0.457 e. The smallest absolute Gasteiger partial charge is 0.310 e. The summed E-state index contributed by atoms with van der Waals surface area (Å²) < 4.78 is 21.7. The maximum atomic E-state index is 14.3. The van der Waals surface area contributed by atoms with Crippen LogP contribution in [0.4, 0.5) is 5.69 Å². The highest BCUT2D eigenvalue weighted by atomic mass is 16.7. The van der Waals surface area contributed by atoms with Gasteiger partial charge in [-0.3, -0.25) is 33.8 Å². The number of hydrogen-bond acceptors (Lipinski definition) is 10. The fourth-order valence-corrected chi connectivity index (χ4v) is 6.23. The van der Waals surface area contributed by atoms with Gasteiger partial charge in [-0.05, 0) is 62.6 Å². The Balaban J connectivity index is 1.30. The quantitative estimate of drug-likeness (QED) is 0.399. The number of carbonyl (C=O) groups is 6. The lowest BCUT2D eigenvalue weighted by Crippen LogP contribution is -2.64. The molecule has 4 unspecified atom stereocenters. The Labute approximate surface area is 263 Å². The summed E-state index contributed by atoms with van der Waals surface area (Å²) in [6.07, 6.45) is -0.821. The molecule has 2 aromatic rings. The van der Waals surface area contributed by atoms with Gasteiger partial charge in [-0.15, -0.1) is 0 Å². The highest BCUT2D eigenvalue weighted by Crippen LogP contribution is 2.33. The van der Waals surface area contributed by atoms with Gasteiger partial charge < -0.3 is 34.9 Å². The Morgan fingerprint density at radius 3 is 2.59 bits per heavy atom. The number of cyclic esters (lactones) is 1. The topological polar surface area (TPSA) is 187 Å². The van der Waals surface area contributed by atoms with E-state index in [4.69, 9.17) is 24.7 Å². The standard InChI is InChI=1S/C31H33N5O10/c1-2-43-31-23(15-26(38)46-31)35(22-11-12-25(37)34-13-3-4-21(27(32)39)36(34)30(22)42)29(41)17-5-7-18(8-6-17)33-28(40)20-10-9-19-14-24(20)45-16-44-19/h5-10,14,21-23,31H,2-4,11-13,15-16H2,1H3,(H2,32,39)(H,33,40). The molecule has 0 aliphatic carbocycles. The normalized spacial score (nSPS) is 23.8. The van der Waals surface area contributed by atoms with Crippen LogP contribution in [0.1, 0.15) is 59.7 Å². The van der Waals surface area contributed by atoms with E-state index in [0.29, 0.717) is 29.2 Å². The number of primary amides is 1. The second kappa shape index (κ2) is 12.7. The predicted molar refractivity (Wildman–Crippen MR) is 157 cm³/mol. The van der Waals surface area contributed by atoms with Gasteiger partial charge in [0.05, 0.1) is 12.0 Å². The Bertz CT molecular complexity index is 1580. The lowest BCUT2D eigenvalue weighted by molar-refractivity contribution is -0.179. The molecule has 3 saturated heterocycles. The Kier molecular flexibility index (Phi) is 8.49. The molecule has 46 heavy (non-hydrogen) atoms. The van der Waals surface area contributed by atoms with Crippen LogP contribution in [0.25, 0.3) is 0 Å². The van der Waals surface area contributed by atoms with Crippen molar-refractivity contribution in [3.63, 3.8) is 0 Å². The van der Waals surface area contributed by atoms with E-state index < -0.39 is 54.0 Å². The SMILES string of the molecule is CCOC1OC(=O)CC1N(C(=O)c1ccc(NC(=O)c2ccc3cc2OCO3)cc1)C1CCC(=O)N2CCCC(C(N)=O)N2C1=O. The summed E-state index contributed by atoms with van der Waals surface area (Å²) in [7, 11) is 0. The minimum absolute atomic E-state index is 0.00594. The molecule has 3 N–H and O–H groups in total. The van der Waals surface area contributed by atoms with Gasteiger partial charge in [0.15, 0.2) is 0 Å². The zero-order valence-corrected chi connectivity index (χ0v) is 25.0. The van der Waals surface area contributed by atoms with Crippen molar-refractivity contribution < 1.29 is 47.7 Å². The van der Waals surface area contributed by atoms with E-state index in [1.54, 1.807) is 25.1 Å². The maximum absolute atomic E-state index is 14.3. The molecule has 0 radical (unpaired) electrons. The predicted octanol–water partition coefficient (Wildman–Crippen LogP) is 1.17. The average molecular weight is 636 g/mol. The van der Waals surface area contributed by atoms with Gasteiger partial charge in [0, 0.05) is 36.9 Å². The van der Waals surface area contributed by atoms with Gasteiger partial charge in [-0.2, -0.15) is 0 Å². The van der Waals surface area contributed by atoms with Crippen LogP contribution in [0, 0.1) is 0 Å². The van der Waals surface area contributed by atoms with Crippen molar-refractivity contribution in [2.75, 3.05) is 25.3 Å². The third-order valence-corrected chi connectivity index (χ3v) is 8.39. The molecule has 2 aromatic carbocycles. The molecule has 4 aliphatic heterocycles. The van der Waals surface area contributed by atoms with Gasteiger partial charge in [0.25, 0.3) is 17.7 Å². The molecule has 4 aliphatic rings. The van der Waals surface area contributed by atoms with Gasteiger partial charge in [-0.1, -0.05) is 0 Å². The third kappa shape index (κ3) is 5.80. The van der Waals surface area contributed by atoms with Crippen molar-refractivity contribution in [1.29, 1.82) is 0 Å². The molecule has 15 nitrogen and oxygen atoms in total. The lowest BCUT2D eigenvalue weighted by atomic mass is 10.0. The van der Waals surface area contributed by atoms with E-state index in [-0.39, 0.29) is 57.1 Å². The number of carbonyl (C=O) groups excluding carboxylic acids is 6. The number of rotatable bonds is 8. The summed E-state index contributed by atoms with van der Waals surface area (Å²) in [4.78, 5) is 80.7. The lowest BCUT2D eigenvalue weighted by Gasteiger charge is -2.44. The van der Waals surface area contributed by atoms with Gasteiger partial charge in [0.2, 0.25) is 24.9 Å². The Hall–Kier alpha value is -5.18. The summed E-state index contributed by atoms with van der Waals surface area (Å²) >= 11 is 0. The van der Waals surface area contributed by atoms with Gasteiger partial charge in [-0.25, -0.2) is 5.01 Å². The van der Waals surface area contributed by atoms with Crippen LogP contribution in [0.3, 0.4) is 0 Å². The molecule has 6 rings (SSSR count). The largest absolute Gasteiger partial charge is 0.457 e. The molecule has 0 saturated carbocycles. The van der Waals surface area contributed by atoms with Crippen LogP contribution in [0.15, 0.2) is 42.5 Å². The van der Waals surface area contributed by atoms with Gasteiger partial charge in [0.1, 0.15) is 29.6 Å². The van der Waals surface area contributed by atoms with E-state index in [2.05, 4.69) is 5.32 Å². The fourth-order valence-electron chi connectivity index (χ4n) is 6.23. The van der Waals surface area contributed by atoms with E-state index in [1.165, 1.54) is 34.2 Å². The molecule has 0 spiro atoms. The summed E-state index contributed by atoms with van der Waals surface area (Å²) in [5.74, 6) is -2.54. The number of hydrazine groups is 1. The monoisotopic (exact) mass is 635 g/mol. The van der Waals surface area contributed by atoms with Crippen LogP contribution in [-0.4, -0.2) is 94.8 Å². The third-order valence-electron chi connectivity index (χ3n) is 8.39. The zero-order valence-electron chi connectivity index (χ0n) is 25.0. The first-order valence-electron chi connectivity index (χ1n) is 15.0. The first-order valence-corrected chi connectivity index (χ1v) is 15.0. The number of nitrogens with one attached hydrogen (secondary N) is 1. The number of esters is 1. The minimum atomic E-state index is -1.24. The van der Waals surface area contributed by atoms with Crippen LogP contribution >= 0.6 is 0 Å². The van der Waals surface area contributed by atoms with Crippen molar-refractivity contribution in [2.24, 2.45) is 5.73 Å². The number of ether oxygens (including phenoxy) is 4. The molecule has 3 fully saturated rings. The first kappa shape index (κ1) is 30.8. The van der Waals surface area contributed by atoms with E-state index in [1.807, 2.05) is 0 Å². The highest BCUT2D eigenvalue weighted by molar-refractivity contribution is 6.07. The molecule has 242 valence electrons. The summed E-state index contributed by atoms with van der Waals surface area (Å²) in [5, 5.41) is 5.08. The molecule has 4 heterocycles. The van der Waals surface area contributed by atoms with Crippen LogP contribution in [0.5, 0.6) is 11.5 Å². The number of nitrogens with zero attached hydrogens (tertiary/aromatic N) is 3. The number of hydrogen-bond donors (Lipinski definition) is 2. The molecule has 0 aromatic heterocycles. The number of amides is 5. The average Bonchev–Trinajstić information content (AvgIpc) is 3.35. The summed E-state index contributed by atoms with van der Waals surface area (Å²) in [6, 6.07) is 7.52. The molecular weight excluding hydrogens is 602 g/mol.